The lowest BCUT2D eigenvalue weighted by Gasteiger charge is -2.34. The van der Waals surface area contributed by atoms with E-state index in [0.29, 0.717) is 22.0 Å². The molecule has 4 nitrogen and oxygen atoms in total. The Morgan fingerprint density at radius 3 is 2.38 bits per heavy atom. The zero-order chi connectivity index (χ0) is 24.5. The average Bonchev–Trinajstić information content (AvgIpc) is 3.16. The van der Waals surface area contributed by atoms with Gasteiger partial charge in [-0.1, -0.05) is 63.2 Å². The van der Waals surface area contributed by atoms with Gasteiger partial charge in [-0.25, -0.2) is 0 Å². The summed E-state index contributed by atoms with van der Waals surface area (Å²) in [6, 6.07) is 17.1. The Labute approximate surface area is 214 Å². The number of anilines is 1. The molecule has 178 valence electrons. The minimum Gasteiger partial charge on any atom is -0.345 e. The van der Waals surface area contributed by atoms with E-state index < -0.39 is 0 Å². The molecular weight excluding hydrogens is 508 g/mol. The first-order chi connectivity index (χ1) is 16.1. The summed E-state index contributed by atoms with van der Waals surface area (Å²) in [5.41, 5.74) is 3.50. The molecule has 0 saturated carbocycles. The van der Waals surface area contributed by atoms with Gasteiger partial charge in [0.1, 0.15) is 5.00 Å². The summed E-state index contributed by atoms with van der Waals surface area (Å²) in [4.78, 5) is 27.9. The first-order valence-corrected chi connectivity index (χ1v) is 13.3. The van der Waals surface area contributed by atoms with Crippen LogP contribution >= 0.6 is 27.3 Å². The van der Waals surface area contributed by atoms with Crippen molar-refractivity contribution < 1.29 is 9.59 Å². The monoisotopic (exact) mass is 538 g/mol. The first kappa shape index (κ1) is 24.7. The maximum atomic E-state index is 13.6. The van der Waals surface area contributed by atoms with Gasteiger partial charge in [0.15, 0.2) is 0 Å². The van der Waals surface area contributed by atoms with Crippen LogP contribution in [-0.2, 0) is 12.8 Å². The van der Waals surface area contributed by atoms with Gasteiger partial charge in [0.05, 0.1) is 17.2 Å². The van der Waals surface area contributed by atoms with Crippen LogP contribution in [0.25, 0.3) is 0 Å². The van der Waals surface area contributed by atoms with Crippen LogP contribution in [0.2, 0.25) is 0 Å². The van der Waals surface area contributed by atoms with E-state index in [-0.39, 0.29) is 23.3 Å². The molecule has 0 saturated heterocycles. The normalized spacial score (nSPS) is 16.4. The van der Waals surface area contributed by atoms with Gasteiger partial charge < -0.3 is 10.6 Å². The van der Waals surface area contributed by atoms with E-state index in [1.54, 1.807) is 17.4 Å². The molecular formula is C28H31BrN2O2S. The fourth-order valence-corrected chi connectivity index (χ4v) is 6.35. The molecule has 1 aromatic heterocycles. The van der Waals surface area contributed by atoms with Crippen LogP contribution in [0.3, 0.4) is 0 Å². The lowest BCUT2D eigenvalue weighted by atomic mass is 9.72. The lowest BCUT2D eigenvalue weighted by Crippen LogP contribution is -2.30. The van der Waals surface area contributed by atoms with Crippen LogP contribution in [0.4, 0.5) is 5.00 Å². The minimum atomic E-state index is -0.219. The highest BCUT2D eigenvalue weighted by Gasteiger charge is 2.34. The number of carbonyl (C=O) groups excluding carboxylic acids is 2. The average molecular weight is 540 g/mol. The van der Waals surface area contributed by atoms with Gasteiger partial charge >= 0.3 is 0 Å². The molecule has 0 radical (unpaired) electrons. The number of amides is 2. The number of rotatable bonds is 5. The topological polar surface area (TPSA) is 58.2 Å². The van der Waals surface area contributed by atoms with Crippen LogP contribution in [0, 0.1) is 11.3 Å². The van der Waals surface area contributed by atoms with E-state index in [4.69, 9.17) is 0 Å². The van der Waals surface area contributed by atoms with E-state index in [0.717, 1.165) is 34.9 Å². The molecule has 2 N–H and O–H groups in total. The molecule has 6 heteroatoms. The van der Waals surface area contributed by atoms with Crippen LogP contribution in [-0.4, -0.2) is 11.8 Å². The second-order valence-electron chi connectivity index (χ2n) is 10.1. The van der Waals surface area contributed by atoms with E-state index in [2.05, 4.69) is 47.3 Å². The predicted octanol–water partition coefficient (Wildman–Crippen LogP) is 7.40. The quantitative estimate of drug-likeness (QED) is 0.355. The molecule has 0 aliphatic heterocycles. The highest BCUT2D eigenvalue weighted by Crippen LogP contribution is 2.44. The summed E-state index contributed by atoms with van der Waals surface area (Å²) >= 11 is 5.02. The highest BCUT2D eigenvalue weighted by atomic mass is 79.9. The summed E-state index contributed by atoms with van der Waals surface area (Å²) in [5.74, 6) is 0.193. The van der Waals surface area contributed by atoms with Crippen LogP contribution < -0.4 is 10.6 Å². The standard InChI is InChI=1S/C28H31BrN2O2S/c1-17(18-10-6-5-7-11-18)30-26(33)24-21-15-14-19(28(2,3)4)16-23(21)34-27(24)31-25(32)20-12-8-9-13-22(20)29/h5-13,17,19H,14-16H2,1-4H3,(H,30,33)(H,31,32). The number of hydrogen-bond acceptors (Lipinski definition) is 3. The van der Waals surface area contributed by atoms with Crippen molar-refractivity contribution in [3.63, 3.8) is 0 Å². The Morgan fingerprint density at radius 2 is 1.71 bits per heavy atom. The van der Waals surface area contributed by atoms with E-state index in [9.17, 15) is 9.59 Å². The summed E-state index contributed by atoms with van der Waals surface area (Å²) in [6.45, 7) is 8.82. The minimum absolute atomic E-state index is 0.134. The molecule has 0 bridgehead atoms. The van der Waals surface area contributed by atoms with Crippen LogP contribution in [0.1, 0.15) is 76.9 Å². The van der Waals surface area contributed by atoms with E-state index in [1.165, 1.54) is 4.88 Å². The van der Waals surface area contributed by atoms with Crippen LogP contribution in [0.5, 0.6) is 0 Å². The van der Waals surface area contributed by atoms with Gasteiger partial charge in [0, 0.05) is 9.35 Å². The number of halogens is 1. The number of hydrogen-bond donors (Lipinski definition) is 2. The van der Waals surface area contributed by atoms with Gasteiger partial charge in [-0.15, -0.1) is 11.3 Å². The Morgan fingerprint density at radius 1 is 1.03 bits per heavy atom. The van der Waals surface area contributed by atoms with E-state index >= 15 is 0 Å². The van der Waals surface area contributed by atoms with Gasteiger partial charge in [0.2, 0.25) is 0 Å². The third-order valence-corrected chi connectivity index (χ3v) is 8.57. The fourth-order valence-electron chi connectivity index (χ4n) is 4.56. The number of nitrogens with one attached hydrogen (secondary N) is 2. The summed E-state index contributed by atoms with van der Waals surface area (Å²) < 4.78 is 0.727. The molecule has 0 spiro atoms. The van der Waals surface area contributed by atoms with Crippen molar-refractivity contribution in [2.75, 3.05) is 5.32 Å². The van der Waals surface area contributed by atoms with Crippen molar-refractivity contribution in [1.82, 2.24) is 5.32 Å². The highest BCUT2D eigenvalue weighted by molar-refractivity contribution is 9.10. The van der Waals surface area contributed by atoms with Crippen molar-refractivity contribution in [2.45, 2.75) is 53.0 Å². The Hall–Kier alpha value is -2.44. The summed E-state index contributed by atoms with van der Waals surface area (Å²) in [7, 11) is 0. The van der Waals surface area contributed by atoms with E-state index in [1.807, 2.05) is 55.5 Å². The van der Waals surface area contributed by atoms with Crippen molar-refractivity contribution >= 4 is 44.1 Å². The molecule has 1 aliphatic rings. The molecule has 1 heterocycles. The Kier molecular flexibility index (Phi) is 7.29. The van der Waals surface area contributed by atoms with Gasteiger partial charge in [-0.3, -0.25) is 9.59 Å². The van der Waals surface area contributed by atoms with Gasteiger partial charge in [0.25, 0.3) is 11.8 Å². The van der Waals surface area contributed by atoms with Crippen LogP contribution in [0.15, 0.2) is 59.1 Å². The maximum absolute atomic E-state index is 13.6. The second-order valence-corrected chi connectivity index (χ2v) is 12.0. The fraction of sp³-hybridized carbons (Fsp3) is 0.357. The second kappa shape index (κ2) is 10.0. The zero-order valence-corrected chi connectivity index (χ0v) is 22.5. The Balaban J connectivity index is 1.67. The molecule has 4 rings (SSSR count). The molecule has 3 aromatic rings. The number of carbonyl (C=O) groups is 2. The zero-order valence-electron chi connectivity index (χ0n) is 20.1. The van der Waals surface area contributed by atoms with Crippen molar-refractivity contribution in [1.29, 1.82) is 0 Å². The molecule has 2 amide bonds. The maximum Gasteiger partial charge on any atom is 0.257 e. The molecule has 2 atom stereocenters. The molecule has 34 heavy (non-hydrogen) atoms. The molecule has 0 fully saturated rings. The lowest BCUT2D eigenvalue weighted by molar-refractivity contribution is 0.0939. The number of benzene rings is 2. The smallest absolute Gasteiger partial charge is 0.257 e. The number of thiophene rings is 1. The van der Waals surface area contributed by atoms with Gasteiger partial charge in [-0.2, -0.15) is 0 Å². The molecule has 1 aliphatic carbocycles. The summed E-state index contributed by atoms with van der Waals surface area (Å²) in [5, 5.41) is 6.86. The molecule has 2 aromatic carbocycles. The summed E-state index contributed by atoms with van der Waals surface area (Å²) in [6.07, 6.45) is 2.82. The number of fused-ring (bicyclic) bond motifs is 1. The third-order valence-electron chi connectivity index (χ3n) is 6.71. The van der Waals surface area contributed by atoms with Crippen molar-refractivity contribution in [2.24, 2.45) is 11.3 Å². The molecule has 2 unspecified atom stereocenters. The Bertz CT molecular complexity index is 1200. The van der Waals surface area contributed by atoms with Gasteiger partial charge in [-0.05, 0) is 76.7 Å². The largest absolute Gasteiger partial charge is 0.345 e. The SMILES string of the molecule is CC(NC(=O)c1c(NC(=O)c2ccccc2Br)sc2c1CCC(C(C)(C)C)C2)c1ccccc1. The van der Waals surface area contributed by atoms with Crippen molar-refractivity contribution in [3.05, 3.63) is 86.2 Å². The third kappa shape index (κ3) is 5.28. The predicted molar refractivity (Wildman–Crippen MR) is 144 cm³/mol. The first-order valence-electron chi connectivity index (χ1n) is 11.7. The van der Waals surface area contributed by atoms with Crippen molar-refractivity contribution in [3.8, 4) is 0 Å².